The lowest BCUT2D eigenvalue weighted by molar-refractivity contribution is -0.129. The highest BCUT2D eigenvalue weighted by Gasteiger charge is 2.38. The molecule has 0 bridgehead atoms. The van der Waals surface area contributed by atoms with Gasteiger partial charge in [0, 0.05) is 25.3 Å². The van der Waals surface area contributed by atoms with E-state index < -0.39 is 6.04 Å². The molecule has 1 aliphatic heterocycles. The molecule has 1 fully saturated rings. The first-order valence-corrected chi connectivity index (χ1v) is 11.3. The Morgan fingerprint density at radius 2 is 1.66 bits per heavy atom. The van der Waals surface area contributed by atoms with Crippen LogP contribution in [0.15, 0.2) is 72.8 Å². The summed E-state index contributed by atoms with van der Waals surface area (Å²) in [7, 11) is 0. The van der Waals surface area contributed by atoms with E-state index in [1.54, 1.807) is 0 Å². The second-order valence-corrected chi connectivity index (χ2v) is 8.91. The predicted molar refractivity (Wildman–Crippen MR) is 130 cm³/mol. The van der Waals surface area contributed by atoms with Crippen LogP contribution in [0.25, 0.3) is 0 Å². The SMILES string of the molecule is Cc1ccc(CCN(C(=O)C(c2ccccc2)N2CC(O)C2)c2ccc(C)c(C)c2)cc1. The summed E-state index contributed by atoms with van der Waals surface area (Å²) in [6.07, 6.45) is 0.417. The third-order valence-corrected chi connectivity index (χ3v) is 6.42. The van der Waals surface area contributed by atoms with E-state index >= 15 is 0 Å². The molecule has 0 radical (unpaired) electrons. The molecule has 1 aliphatic rings. The Bertz CT molecular complexity index is 1060. The van der Waals surface area contributed by atoms with Crippen LogP contribution in [0.2, 0.25) is 0 Å². The maximum atomic E-state index is 14.1. The Balaban J connectivity index is 1.66. The fraction of sp³-hybridized carbons (Fsp3) is 0.321. The minimum Gasteiger partial charge on any atom is -0.390 e. The normalized spacial score (nSPS) is 15.2. The van der Waals surface area contributed by atoms with Gasteiger partial charge in [-0.2, -0.15) is 0 Å². The minimum atomic E-state index is -0.403. The van der Waals surface area contributed by atoms with Gasteiger partial charge in [0.15, 0.2) is 0 Å². The van der Waals surface area contributed by atoms with Crippen LogP contribution in [0.1, 0.15) is 33.9 Å². The third kappa shape index (κ3) is 4.93. The molecule has 1 saturated heterocycles. The van der Waals surface area contributed by atoms with Crippen molar-refractivity contribution < 1.29 is 9.90 Å². The first-order valence-electron chi connectivity index (χ1n) is 11.3. The first kappa shape index (κ1) is 22.3. The summed E-state index contributed by atoms with van der Waals surface area (Å²) < 4.78 is 0. The van der Waals surface area contributed by atoms with Gasteiger partial charge in [-0.15, -0.1) is 0 Å². The molecule has 166 valence electrons. The van der Waals surface area contributed by atoms with Gasteiger partial charge in [-0.3, -0.25) is 9.69 Å². The minimum absolute atomic E-state index is 0.0541. The number of carbonyl (C=O) groups excluding carboxylic acids is 1. The first-order chi connectivity index (χ1) is 15.4. The van der Waals surface area contributed by atoms with Crippen LogP contribution < -0.4 is 4.90 Å². The molecule has 1 heterocycles. The highest BCUT2D eigenvalue weighted by atomic mass is 16.3. The standard InChI is InChI=1S/C28H32N2O2/c1-20-9-12-23(13-10-20)15-16-30(25-14-11-21(2)22(3)17-25)28(32)27(29-18-26(31)19-29)24-7-5-4-6-8-24/h4-14,17,26-27,31H,15-16,18-19H2,1-3H3. The van der Waals surface area contributed by atoms with Gasteiger partial charge in [-0.05, 0) is 61.6 Å². The van der Waals surface area contributed by atoms with E-state index in [0.29, 0.717) is 19.6 Å². The summed E-state index contributed by atoms with van der Waals surface area (Å²) >= 11 is 0. The zero-order chi connectivity index (χ0) is 22.7. The summed E-state index contributed by atoms with van der Waals surface area (Å²) in [5, 5.41) is 9.93. The Labute approximate surface area is 191 Å². The second kappa shape index (κ2) is 9.68. The summed E-state index contributed by atoms with van der Waals surface area (Å²) in [6, 6.07) is 24.3. The number of aliphatic hydroxyl groups is 1. The summed E-state index contributed by atoms with van der Waals surface area (Å²) in [5.41, 5.74) is 6.72. The molecule has 1 amide bonds. The van der Waals surface area contributed by atoms with E-state index in [2.05, 4.69) is 62.1 Å². The van der Waals surface area contributed by atoms with Gasteiger partial charge < -0.3 is 10.0 Å². The topological polar surface area (TPSA) is 43.8 Å². The third-order valence-electron chi connectivity index (χ3n) is 6.42. The smallest absolute Gasteiger partial charge is 0.248 e. The lowest BCUT2D eigenvalue weighted by atomic mass is 9.98. The second-order valence-electron chi connectivity index (χ2n) is 8.91. The van der Waals surface area contributed by atoms with Crippen molar-refractivity contribution in [3.05, 3.63) is 101 Å². The van der Waals surface area contributed by atoms with Gasteiger partial charge in [-0.1, -0.05) is 66.2 Å². The van der Waals surface area contributed by atoms with Crippen molar-refractivity contribution in [2.75, 3.05) is 24.5 Å². The number of hydrogen-bond acceptors (Lipinski definition) is 3. The van der Waals surface area contributed by atoms with Gasteiger partial charge in [0.2, 0.25) is 5.91 Å². The largest absolute Gasteiger partial charge is 0.390 e. The summed E-state index contributed by atoms with van der Waals surface area (Å²) in [6.45, 7) is 7.90. The number of aryl methyl sites for hydroxylation is 3. The van der Waals surface area contributed by atoms with Crippen LogP contribution in [-0.4, -0.2) is 41.7 Å². The van der Waals surface area contributed by atoms with Crippen molar-refractivity contribution in [3.63, 3.8) is 0 Å². The number of aliphatic hydroxyl groups excluding tert-OH is 1. The van der Waals surface area contributed by atoms with Crippen LogP contribution in [0.4, 0.5) is 5.69 Å². The van der Waals surface area contributed by atoms with Gasteiger partial charge in [0.05, 0.1) is 6.10 Å². The van der Waals surface area contributed by atoms with Gasteiger partial charge in [0.1, 0.15) is 6.04 Å². The predicted octanol–water partition coefficient (Wildman–Crippen LogP) is 4.61. The number of β-amino-alcohol motifs (C(OH)–C–C–N with tert-alkyl or cyclic N) is 1. The molecular weight excluding hydrogens is 396 g/mol. The fourth-order valence-corrected chi connectivity index (χ4v) is 4.25. The molecule has 0 saturated carbocycles. The zero-order valence-electron chi connectivity index (χ0n) is 19.2. The molecule has 1 N–H and O–H groups in total. The molecule has 1 unspecified atom stereocenters. The van der Waals surface area contributed by atoms with Crippen molar-refractivity contribution in [1.82, 2.24) is 4.90 Å². The summed E-state index contributed by atoms with van der Waals surface area (Å²) in [4.78, 5) is 18.1. The number of likely N-dealkylation sites (tertiary alicyclic amines) is 1. The number of amides is 1. The van der Waals surface area contributed by atoms with Crippen LogP contribution in [0, 0.1) is 20.8 Å². The number of carbonyl (C=O) groups is 1. The number of nitrogens with zero attached hydrogens (tertiary/aromatic N) is 2. The Morgan fingerprint density at radius 3 is 2.28 bits per heavy atom. The zero-order valence-corrected chi connectivity index (χ0v) is 19.2. The molecule has 0 aliphatic carbocycles. The van der Waals surface area contributed by atoms with Crippen molar-refractivity contribution >= 4 is 11.6 Å². The van der Waals surface area contributed by atoms with Crippen LogP contribution in [0.3, 0.4) is 0 Å². The van der Waals surface area contributed by atoms with E-state index in [9.17, 15) is 9.90 Å². The van der Waals surface area contributed by atoms with E-state index in [0.717, 1.165) is 17.7 Å². The highest BCUT2D eigenvalue weighted by Crippen LogP contribution is 2.31. The molecule has 32 heavy (non-hydrogen) atoms. The Hall–Kier alpha value is -2.95. The van der Waals surface area contributed by atoms with Crippen molar-refractivity contribution in [2.24, 2.45) is 0 Å². The molecule has 3 aromatic carbocycles. The van der Waals surface area contributed by atoms with Gasteiger partial charge in [-0.25, -0.2) is 0 Å². The molecule has 0 aromatic heterocycles. The highest BCUT2D eigenvalue weighted by molar-refractivity contribution is 5.98. The average molecular weight is 429 g/mol. The number of benzene rings is 3. The number of anilines is 1. The maximum Gasteiger partial charge on any atom is 0.248 e. The van der Waals surface area contributed by atoms with Gasteiger partial charge in [0.25, 0.3) is 0 Å². The van der Waals surface area contributed by atoms with Crippen molar-refractivity contribution in [1.29, 1.82) is 0 Å². The molecule has 4 heteroatoms. The maximum absolute atomic E-state index is 14.1. The molecule has 3 aromatic rings. The molecule has 1 atom stereocenters. The fourth-order valence-electron chi connectivity index (χ4n) is 4.25. The van der Waals surface area contributed by atoms with Gasteiger partial charge >= 0.3 is 0 Å². The van der Waals surface area contributed by atoms with Crippen LogP contribution >= 0.6 is 0 Å². The van der Waals surface area contributed by atoms with E-state index in [1.807, 2.05) is 41.3 Å². The molecular formula is C28H32N2O2. The lowest BCUT2D eigenvalue weighted by Gasteiger charge is -2.43. The van der Waals surface area contributed by atoms with Crippen molar-refractivity contribution in [3.8, 4) is 0 Å². The Morgan fingerprint density at radius 1 is 0.969 bits per heavy atom. The van der Waals surface area contributed by atoms with E-state index in [4.69, 9.17) is 0 Å². The van der Waals surface area contributed by atoms with Crippen molar-refractivity contribution in [2.45, 2.75) is 39.3 Å². The van der Waals surface area contributed by atoms with E-state index in [1.165, 1.54) is 22.3 Å². The molecule has 4 nitrogen and oxygen atoms in total. The lowest BCUT2D eigenvalue weighted by Crippen LogP contribution is -2.56. The monoisotopic (exact) mass is 428 g/mol. The van der Waals surface area contributed by atoms with Crippen LogP contribution in [-0.2, 0) is 11.2 Å². The quantitative estimate of drug-likeness (QED) is 0.598. The number of rotatable bonds is 7. The van der Waals surface area contributed by atoms with Crippen LogP contribution in [0.5, 0.6) is 0 Å². The summed E-state index contributed by atoms with van der Waals surface area (Å²) in [5.74, 6) is 0.0541. The Kier molecular flexibility index (Phi) is 6.73. The number of hydrogen-bond donors (Lipinski definition) is 1. The average Bonchev–Trinajstić information content (AvgIpc) is 2.77. The van der Waals surface area contributed by atoms with E-state index in [-0.39, 0.29) is 12.0 Å². The molecule has 0 spiro atoms. The molecule has 4 rings (SSSR count).